The van der Waals surface area contributed by atoms with Gasteiger partial charge in [0.05, 0.1) is 11.4 Å². The van der Waals surface area contributed by atoms with E-state index in [9.17, 15) is 4.79 Å². The van der Waals surface area contributed by atoms with Gasteiger partial charge < -0.3 is 16.4 Å². The first kappa shape index (κ1) is 11.8. The summed E-state index contributed by atoms with van der Waals surface area (Å²) in [6.45, 7) is 3.36. The number of aryl methyl sites for hydroxylation is 1. The predicted molar refractivity (Wildman–Crippen MR) is 69.8 cm³/mol. The van der Waals surface area contributed by atoms with E-state index in [0.29, 0.717) is 13.1 Å². The molecule has 0 heterocycles. The van der Waals surface area contributed by atoms with Crippen molar-refractivity contribution in [3.63, 3.8) is 0 Å². The van der Waals surface area contributed by atoms with Crippen LogP contribution in [0.25, 0.3) is 0 Å². The predicted octanol–water partition coefficient (Wildman–Crippen LogP) is 1.52. The average molecular weight is 233 g/mol. The van der Waals surface area contributed by atoms with Crippen LogP contribution in [0.5, 0.6) is 0 Å². The molecule has 1 aliphatic carbocycles. The van der Waals surface area contributed by atoms with Crippen LogP contribution in [-0.4, -0.2) is 19.0 Å². The summed E-state index contributed by atoms with van der Waals surface area (Å²) >= 11 is 0. The highest BCUT2D eigenvalue weighted by atomic mass is 16.2. The van der Waals surface area contributed by atoms with Crippen LogP contribution < -0.4 is 16.4 Å². The van der Waals surface area contributed by atoms with Crippen molar-refractivity contribution < 1.29 is 4.79 Å². The second-order valence-electron chi connectivity index (χ2n) is 4.53. The molecule has 4 N–H and O–H groups in total. The molecule has 1 aromatic carbocycles. The highest BCUT2D eigenvalue weighted by Gasteiger charge is 2.28. The van der Waals surface area contributed by atoms with Crippen LogP contribution in [0.4, 0.5) is 11.4 Å². The molecule has 0 spiro atoms. The van der Waals surface area contributed by atoms with E-state index in [-0.39, 0.29) is 11.8 Å². The molecule has 0 atom stereocenters. The van der Waals surface area contributed by atoms with Gasteiger partial charge in [-0.3, -0.25) is 4.79 Å². The van der Waals surface area contributed by atoms with Crippen molar-refractivity contribution in [1.29, 1.82) is 0 Å². The Morgan fingerprint density at radius 3 is 2.82 bits per heavy atom. The van der Waals surface area contributed by atoms with Gasteiger partial charge in [0.15, 0.2) is 0 Å². The molecule has 0 bridgehead atoms. The lowest BCUT2D eigenvalue weighted by Crippen LogP contribution is -2.30. The quantitative estimate of drug-likeness (QED) is 0.533. The van der Waals surface area contributed by atoms with Crippen molar-refractivity contribution in [2.24, 2.45) is 5.92 Å². The zero-order chi connectivity index (χ0) is 12.3. The van der Waals surface area contributed by atoms with E-state index >= 15 is 0 Å². The highest BCUT2D eigenvalue weighted by Crippen LogP contribution is 2.28. The molecule has 92 valence electrons. The standard InChI is InChI=1S/C13H19N3O/c1-9-3-2-4-11(14)12(9)15-7-8-16-13(17)10-5-6-10/h2-4,10,15H,5-8,14H2,1H3,(H,16,17). The van der Waals surface area contributed by atoms with Crippen molar-refractivity contribution in [3.05, 3.63) is 23.8 Å². The number of benzene rings is 1. The molecular formula is C13H19N3O. The minimum atomic E-state index is 0.185. The molecule has 1 saturated carbocycles. The first-order valence-corrected chi connectivity index (χ1v) is 6.05. The number of nitrogens with two attached hydrogens (primary N) is 1. The maximum absolute atomic E-state index is 11.4. The maximum Gasteiger partial charge on any atom is 0.223 e. The topological polar surface area (TPSA) is 67.2 Å². The number of anilines is 2. The maximum atomic E-state index is 11.4. The normalized spacial score (nSPS) is 14.4. The smallest absolute Gasteiger partial charge is 0.223 e. The molecule has 1 fully saturated rings. The van der Waals surface area contributed by atoms with Crippen molar-refractivity contribution in [1.82, 2.24) is 5.32 Å². The molecule has 1 amide bonds. The van der Waals surface area contributed by atoms with Crippen LogP contribution in [0.15, 0.2) is 18.2 Å². The number of rotatable bonds is 5. The Hall–Kier alpha value is -1.71. The lowest BCUT2D eigenvalue weighted by Gasteiger charge is -2.12. The Bertz CT molecular complexity index is 393. The summed E-state index contributed by atoms with van der Waals surface area (Å²) < 4.78 is 0. The van der Waals surface area contributed by atoms with Gasteiger partial charge in [-0.1, -0.05) is 12.1 Å². The number of carbonyl (C=O) groups excluding carboxylic acids is 1. The summed E-state index contributed by atoms with van der Waals surface area (Å²) in [7, 11) is 0. The van der Waals surface area contributed by atoms with Crippen LogP contribution in [0.1, 0.15) is 18.4 Å². The highest BCUT2D eigenvalue weighted by molar-refractivity contribution is 5.80. The van der Waals surface area contributed by atoms with Crippen LogP contribution in [-0.2, 0) is 4.79 Å². The SMILES string of the molecule is Cc1cccc(N)c1NCCNC(=O)C1CC1. The number of nitrogen functional groups attached to an aromatic ring is 1. The molecule has 0 aliphatic heterocycles. The molecule has 1 aromatic rings. The largest absolute Gasteiger partial charge is 0.397 e. The van der Waals surface area contributed by atoms with E-state index < -0.39 is 0 Å². The third kappa shape index (κ3) is 3.12. The molecule has 4 heteroatoms. The molecule has 0 unspecified atom stereocenters. The fourth-order valence-electron chi connectivity index (χ4n) is 1.79. The molecule has 2 rings (SSSR count). The summed E-state index contributed by atoms with van der Waals surface area (Å²) in [6.07, 6.45) is 2.09. The lowest BCUT2D eigenvalue weighted by atomic mass is 10.1. The summed E-state index contributed by atoms with van der Waals surface area (Å²) in [6, 6.07) is 5.82. The second-order valence-corrected chi connectivity index (χ2v) is 4.53. The molecule has 0 aromatic heterocycles. The van der Waals surface area contributed by atoms with Gasteiger partial charge in [0.25, 0.3) is 0 Å². The van der Waals surface area contributed by atoms with Gasteiger partial charge in [-0.15, -0.1) is 0 Å². The molecule has 0 saturated heterocycles. The van der Waals surface area contributed by atoms with Gasteiger partial charge in [0.2, 0.25) is 5.91 Å². The number of carbonyl (C=O) groups is 1. The number of hydrogen-bond donors (Lipinski definition) is 3. The third-order valence-electron chi connectivity index (χ3n) is 2.98. The van der Waals surface area contributed by atoms with Gasteiger partial charge in [-0.2, -0.15) is 0 Å². The zero-order valence-electron chi connectivity index (χ0n) is 10.1. The Kier molecular flexibility index (Phi) is 3.52. The average Bonchev–Trinajstić information content (AvgIpc) is 3.11. The lowest BCUT2D eigenvalue weighted by molar-refractivity contribution is -0.122. The fourth-order valence-corrected chi connectivity index (χ4v) is 1.79. The summed E-state index contributed by atoms with van der Waals surface area (Å²) in [5.41, 5.74) is 8.71. The zero-order valence-corrected chi connectivity index (χ0v) is 10.1. The van der Waals surface area contributed by atoms with Crippen LogP contribution in [0.2, 0.25) is 0 Å². The summed E-state index contributed by atoms with van der Waals surface area (Å²) in [4.78, 5) is 11.4. The van der Waals surface area contributed by atoms with Gasteiger partial charge in [0.1, 0.15) is 0 Å². The summed E-state index contributed by atoms with van der Waals surface area (Å²) in [5, 5.41) is 6.17. The van der Waals surface area contributed by atoms with Gasteiger partial charge >= 0.3 is 0 Å². The van der Waals surface area contributed by atoms with E-state index in [4.69, 9.17) is 5.73 Å². The molecular weight excluding hydrogens is 214 g/mol. The number of amides is 1. The van der Waals surface area contributed by atoms with E-state index in [1.54, 1.807) is 0 Å². The van der Waals surface area contributed by atoms with E-state index in [0.717, 1.165) is 29.8 Å². The molecule has 17 heavy (non-hydrogen) atoms. The minimum Gasteiger partial charge on any atom is -0.397 e. The number of hydrogen-bond acceptors (Lipinski definition) is 3. The number of nitrogens with one attached hydrogen (secondary N) is 2. The minimum absolute atomic E-state index is 0.185. The summed E-state index contributed by atoms with van der Waals surface area (Å²) in [5.74, 6) is 0.461. The Balaban J connectivity index is 1.75. The fraction of sp³-hybridized carbons (Fsp3) is 0.462. The van der Waals surface area contributed by atoms with Crippen LogP contribution in [0, 0.1) is 12.8 Å². The van der Waals surface area contributed by atoms with Crippen LogP contribution >= 0.6 is 0 Å². The Labute approximate surface area is 102 Å². The number of para-hydroxylation sites is 1. The van der Waals surface area contributed by atoms with E-state index in [1.807, 2.05) is 25.1 Å². The molecule has 4 nitrogen and oxygen atoms in total. The van der Waals surface area contributed by atoms with Crippen molar-refractivity contribution >= 4 is 17.3 Å². The molecule has 0 radical (unpaired) electrons. The van der Waals surface area contributed by atoms with Crippen molar-refractivity contribution in [2.45, 2.75) is 19.8 Å². The van der Waals surface area contributed by atoms with Gasteiger partial charge in [-0.05, 0) is 31.4 Å². The van der Waals surface area contributed by atoms with E-state index in [1.165, 1.54) is 0 Å². The van der Waals surface area contributed by atoms with Gasteiger partial charge in [0, 0.05) is 19.0 Å². The monoisotopic (exact) mass is 233 g/mol. The van der Waals surface area contributed by atoms with Crippen molar-refractivity contribution in [2.75, 3.05) is 24.1 Å². The van der Waals surface area contributed by atoms with Crippen molar-refractivity contribution in [3.8, 4) is 0 Å². The van der Waals surface area contributed by atoms with Gasteiger partial charge in [-0.25, -0.2) is 0 Å². The Morgan fingerprint density at radius 2 is 2.18 bits per heavy atom. The second kappa shape index (κ2) is 5.08. The van der Waals surface area contributed by atoms with Crippen LogP contribution in [0.3, 0.4) is 0 Å². The van der Waals surface area contributed by atoms with E-state index in [2.05, 4.69) is 10.6 Å². The first-order chi connectivity index (χ1) is 8.18. The first-order valence-electron chi connectivity index (χ1n) is 6.05. The third-order valence-corrected chi connectivity index (χ3v) is 2.98. The Morgan fingerprint density at radius 1 is 1.41 bits per heavy atom. The molecule has 1 aliphatic rings.